The Balaban J connectivity index is 2.37. The van der Waals surface area contributed by atoms with Gasteiger partial charge in [0, 0.05) is 5.92 Å². The molecule has 19 heavy (non-hydrogen) atoms. The molecule has 0 bridgehead atoms. The molecule has 0 heterocycles. The molecule has 3 heteroatoms. The zero-order valence-electron chi connectivity index (χ0n) is 11.0. The molecule has 0 radical (unpaired) electrons. The van der Waals surface area contributed by atoms with E-state index in [1.54, 1.807) is 6.07 Å². The van der Waals surface area contributed by atoms with Gasteiger partial charge in [-0.05, 0) is 36.2 Å². The van der Waals surface area contributed by atoms with Crippen LogP contribution in [0.25, 0.3) is 0 Å². The second kappa shape index (κ2) is 6.34. The maximum Gasteiger partial charge on any atom is 0.165 e. The highest BCUT2D eigenvalue weighted by Crippen LogP contribution is 2.30. The quantitative estimate of drug-likeness (QED) is 0.894. The van der Waals surface area contributed by atoms with E-state index in [9.17, 15) is 4.39 Å². The molecular weight excluding hydrogens is 241 g/mol. The predicted octanol–water partition coefficient (Wildman–Crippen LogP) is 3.32. The van der Waals surface area contributed by atoms with Gasteiger partial charge in [-0.1, -0.05) is 36.4 Å². The maximum absolute atomic E-state index is 13.8. The average Bonchev–Trinajstić information content (AvgIpc) is 2.45. The van der Waals surface area contributed by atoms with Gasteiger partial charge in [-0.25, -0.2) is 4.39 Å². The molecule has 2 rings (SSSR count). The molecule has 2 aromatic carbocycles. The van der Waals surface area contributed by atoms with E-state index in [-0.39, 0.29) is 17.5 Å². The molecule has 2 aromatic rings. The molecule has 0 saturated carbocycles. The SMILES string of the molecule is COc1ccc(C(CCN)c2ccccc2)cc1F. The van der Waals surface area contributed by atoms with Gasteiger partial charge >= 0.3 is 0 Å². The van der Waals surface area contributed by atoms with Crippen molar-refractivity contribution >= 4 is 0 Å². The molecule has 0 aliphatic heterocycles. The van der Waals surface area contributed by atoms with Crippen LogP contribution >= 0.6 is 0 Å². The minimum absolute atomic E-state index is 0.117. The normalized spacial score (nSPS) is 12.2. The lowest BCUT2D eigenvalue weighted by atomic mass is 9.88. The number of rotatable bonds is 5. The minimum atomic E-state index is -0.335. The number of nitrogens with two attached hydrogens (primary N) is 1. The molecule has 1 unspecified atom stereocenters. The highest BCUT2D eigenvalue weighted by atomic mass is 19.1. The molecule has 2 N–H and O–H groups in total. The summed E-state index contributed by atoms with van der Waals surface area (Å²) < 4.78 is 18.8. The largest absolute Gasteiger partial charge is 0.494 e. The third kappa shape index (κ3) is 3.12. The van der Waals surface area contributed by atoms with Crippen molar-refractivity contribution < 1.29 is 9.13 Å². The molecule has 100 valence electrons. The zero-order chi connectivity index (χ0) is 13.7. The molecule has 0 aliphatic carbocycles. The third-order valence-corrected chi connectivity index (χ3v) is 3.24. The Kier molecular flexibility index (Phi) is 4.53. The summed E-state index contributed by atoms with van der Waals surface area (Å²) in [7, 11) is 1.46. The molecule has 0 spiro atoms. The third-order valence-electron chi connectivity index (χ3n) is 3.24. The Morgan fingerprint density at radius 3 is 2.42 bits per heavy atom. The van der Waals surface area contributed by atoms with E-state index in [2.05, 4.69) is 0 Å². The van der Waals surface area contributed by atoms with Gasteiger partial charge in [0.2, 0.25) is 0 Å². The second-order valence-electron chi connectivity index (χ2n) is 4.43. The number of methoxy groups -OCH3 is 1. The number of halogens is 1. The molecular formula is C16H18FNO. The summed E-state index contributed by atoms with van der Waals surface area (Å²) in [6.07, 6.45) is 0.787. The highest BCUT2D eigenvalue weighted by Gasteiger charge is 2.15. The molecule has 0 saturated heterocycles. The summed E-state index contributed by atoms with van der Waals surface area (Å²) in [5.74, 6) is 0.0490. The van der Waals surface area contributed by atoms with E-state index < -0.39 is 0 Å². The van der Waals surface area contributed by atoms with Crippen LogP contribution in [0.15, 0.2) is 48.5 Å². The first kappa shape index (κ1) is 13.6. The maximum atomic E-state index is 13.8. The van der Waals surface area contributed by atoms with E-state index in [4.69, 9.17) is 10.5 Å². The van der Waals surface area contributed by atoms with Gasteiger partial charge < -0.3 is 10.5 Å². The average molecular weight is 259 g/mol. The van der Waals surface area contributed by atoms with Gasteiger partial charge in [-0.15, -0.1) is 0 Å². The molecule has 2 nitrogen and oxygen atoms in total. The van der Waals surface area contributed by atoms with Crippen LogP contribution in [-0.2, 0) is 0 Å². The molecule has 1 atom stereocenters. The summed E-state index contributed by atoms with van der Waals surface area (Å²) >= 11 is 0. The second-order valence-corrected chi connectivity index (χ2v) is 4.43. The van der Waals surface area contributed by atoms with Gasteiger partial charge in [0.25, 0.3) is 0 Å². The number of hydrogen-bond acceptors (Lipinski definition) is 2. The van der Waals surface area contributed by atoms with Gasteiger partial charge in [0.05, 0.1) is 7.11 Å². The smallest absolute Gasteiger partial charge is 0.165 e. The molecule has 0 amide bonds. The topological polar surface area (TPSA) is 35.2 Å². The Labute approximate surface area is 113 Å². The molecule has 0 aromatic heterocycles. The summed E-state index contributed by atoms with van der Waals surface area (Å²) in [5.41, 5.74) is 7.76. The summed E-state index contributed by atoms with van der Waals surface area (Å²) in [6, 6.07) is 15.1. The summed E-state index contributed by atoms with van der Waals surface area (Å²) in [4.78, 5) is 0. The number of hydrogen-bond donors (Lipinski definition) is 1. The summed E-state index contributed by atoms with van der Waals surface area (Å²) in [5, 5.41) is 0. The van der Waals surface area contributed by atoms with Crippen LogP contribution in [0.5, 0.6) is 5.75 Å². The highest BCUT2D eigenvalue weighted by molar-refractivity contribution is 5.37. The van der Waals surface area contributed by atoms with E-state index in [0.717, 1.165) is 17.5 Å². The van der Waals surface area contributed by atoms with Crippen LogP contribution in [0.4, 0.5) is 4.39 Å². The Bertz CT molecular complexity index is 528. The fraction of sp³-hybridized carbons (Fsp3) is 0.250. The first-order valence-electron chi connectivity index (χ1n) is 6.34. The Morgan fingerprint density at radius 1 is 1.11 bits per heavy atom. The van der Waals surface area contributed by atoms with Gasteiger partial charge in [-0.3, -0.25) is 0 Å². The summed E-state index contributed by atoms with van der Waals surface area (Å²) in [6.45, 7) is 0.563. The van der Waals surface area contributed by atoms with Crippen LogP contribution in [0.2, 0.25) is 0 Å². The monoisotopic (exact) mass is 259 g/mol. The van der Waals surface area contributed by atoms with Gasteiger partial charge in [-0.2, -0.15) is 0 Å². The van der Waals surface area contributed by atoms with E-state index in [1.807, 2.05) is 36.4 Å². The fourth-order valence-electron chi connectivity index (χ4n) is 2.28. The lowest BCUT2D eigenvalue weighted by Gasteiger charge is -2.18. The van der Waals surface area contributed by atoms with Crippen molar-refractivity contribution in [3.8, 4) is 5.75 Å². The Morgan fingerprint density at radius 2 is 1.84 bits per heavy atom. The minimum Gasteiger partial charge on any atom is -0.494 e. The van der Waals surface area contributed by atoms with E-state index in [1.165, 1.54) is 13.2 Å². The van der Waals surface area contributed by atoms with Crippen molar-refractivity contribution in [1.29, 1.82) is 0 Å². The Hall–Kier alpha value is -1.87. The van der Waals surface area contributed by atoms with E-state index >= 15 is 0 Å². The molecule has 0 fully saturated rings. The van der Waals surface area contributed by atoms with Crippen molar-refractivity contribution in [3.63, 3.8) is 0 Å². The first-order chi connectivity index (χ1) is 9.26. The van der Waals surface area contributed by atoms with Crippen LogP contribution < -0.4 is 10.5 Å². The van der Waals surface area contributed by atoms with Gasteiger partial charge in [0.1, 0.15) is 0 Å². The van der Waals surface area contributed by atoms with Crippen molar-refractivity contribution in [2.75, 3.05) is 13.7 Å². The standard InChI is InChI=1S/C16H18FNO/c1-19-16-8-7-13(11-15(16)17)14(9-10-18)12-5-3-2-4-6-12/h2-8,11,14H,9-10,18H2,1H3. The predicted molar refractivity (Wildman–Crippen MR) is 74.9 cm³/mol. The number of ether oxygens (including phenoxy) is 1. The van der Waals surface area contributed by atoms with Crippen LogP contribution in [-0.4, -0.2) is 13.7 Å². The van der Waals surface area contributed by atoms with Crippen LogP contribution in [0, 0.1) is 5.82 Å². The van der Waals surface area contributed by atoms with Crippen LogP contribution in [0.3, 0.4) is 0 Å². The van der Waals surface area contributed by atoms with Crippen molar-refractivity contribution in [3.05, 3.63) is 65.5 Å². The first-order valence-corrected chi connectivity index (χ1v) is 6.34. The van der Waals surface area contributed by atoms with Gasteiger partial charge in [0.15, 0.2) is 11.6 Å². The lowest BCUT2D eigenvalue weighted by molar-refractivity contribution is 0.386. The zero-order valence-corrected chi connectivity index (χ0v) is 11.0. The van der Waals surface area contributed by atoms with Crippen LogP contribution in [0.1, 0.15) is 23.5 Å². The van der Waals surface area contributed by atoms with Crippen molar-refractivity contribution in [2.45, 2.75) is 12.3 Å². The number of benzene rings is 2. The lowest BCUT2D eigenvalue weighted by Crippen LogP contribution is -2.09. The molecule has 0 aliphatic rings. The van der Waals surface area contributed by atoms with Crippen molar-refractivity contribution in [2.24, 2.45) is 5.73 Å². The van der Waals surface area contributed by atoms with Crippen molar-refractivity contribution in [1.82, 2.24) is 0 Å². The fourth-order valence-corrected chi connectivity index (χ4v) is 2.28. The van der Waals surface area contributed by atoms with E-state index in [0.29, 0.717) is 6.54 Å².